The summed E-state index contributed by atoms with van der Waals surface area (Å²) >= 11 is 0. The largest absolute Gasteiger partial charge is 0.489 e. The van der Waals surface area contributed by atoms with Crippen LogP contribution in [0.25, 0.3) is 0 Å². The van der Waals surface area contributed by atoms with E-state index in [1.165, 1.54) is 0 Å². The Bertz CT molecular complexity index is 900. The Balaban J connectivity index is 1.38. The van der Waals surface area contributed by atoms with Crippen LogP contribution in [-0.2, 0) is 27.4 Å². The molecule has 1 aliphatic heterocycles. The van der Waals surface area contributed by atoms with E-state index in [0.29, 0.717) is 18.7 Å². The minimum absolute atomic E-state index is 0.0212. The molecule has 0 radical (unpaired) electrons. The lowest BCUT2D eigenvalue weighted by Crippen LogP contribution is -2.32. The number of guanidine groups is 1. The minimum Gasteiger partial charge on any atom is -0.489 e. The Hall–Kier alpha value is -3.55. The number of esters is 1. The standard InChI is InChI=1S/C23H28N4O4/c24-23(25)26-19-8-3-18(4-9-19)15-30-20-10-5-17(6-11-20)7-12-22(29)31-16-21(28)27-13-1-2-14-27/h3-6,8-11H,1-2,7,12-16H2,(H4,24,25,26). The molecule has 2 aromatic rings. The fraction of sp³-hybridized carbons (Fsp3) is 0.348. The van der Waals surface area contributed by atoms with Gasteiger partial charge in [0, 0.05) is 19.5 Å². The van der Waals surface area contributed by atoms with Crippen LogP contribution in [0.1, 0.15) is 30.4 Å². The van der Waals surface area contributed by atoms with Crippen LogP contribution in [0.15, 0.2) is 53.5 Å². The van der Waals surface area contributed by atoms with E-state index in [4.69, 9.17) is 20.9 Å². The first kappa shape index (κ1) is 22.1. The van der Waals surface area contributed by atoms with Gasteiger partial charge in [0.15, 0.2) is 12.6 Å². The van der Waals surface area contributed by atoms with Crippen LogP contribution in [0.5, 0.6) is 5.75 Å². The van der Waals surface area contributed by atoms with Gasteiger partial charge in [0.2, 0.25) is 0 Å². The van der Waals surface area contributed by atoms with Gasteiger partial charge in [-0.15, -0.1) is 0 Å². The summed E-state index contributed by atoms with van der Waals surface area (Å²) in [7, 11) is 0. The molecular formula is C23H28N4O4. The molecule has 0 saturated carbocycles. The van der Waals surface area contributed by atoms with Gasteiger partial charge in [-0.05, 0) is 54.7 Å². The third kappa shape index (κ3) is 7.33. The normalized spacial score (nSPS) is 13.0. The number of ether oxygens (including phenoxy) is 2. The molecule has 164 valence electrons. The smallest absolute Gasteiger partial charge is 0.306 e. The monoisotopic (exact) mass is 424 g/mol. The van der Waals surface area contributed by atoms with Gasteiger partial charge in [-0.1, -0.05) is 24.3 Å². The molecule has 3 rings (SSSR count). The number of rotatable bonds is 9. The van der Waals surface area contributed by atoms with Crippen LogP contribution >= 0.6 is 0 Å². The summed E-state index contributed by atoms with van der Waals surface area (Å²) in [5.41, 5.74) is 13.4. The molecule has 1 amide bonds. The van der Waals surface area contributed by atoms with E-state index in [-0.39, 0.29) is 30.9 Å². The zero-order valence-electron chi connectivity index (χ0n) is 17.5. The number of benzene rings is 2. The molecule has 2 aromatic carbocycles. The lowest BCUT2D eigenvalue weighted by Gasteiger charge is -2.14. The van der Waals surface area contributed by atoms with Gasteiger partial charge < -0.3 is 25.8 Å². The Morgan fingerprint density at radius 1 is 0.935 bits per heavy atom. The summed E-state index contributed by atoms with van der Waals surface area (Å²) in [4.78, 5) is 29.5. The number of carbonyl (C=O) groups excluding carboxylic acids is 2. The van der Waals surface area contributed by atoms with Gasteiger partial charge in [0.1, 0.15) is 12.4 Å². The van der Waals surface area contributed by atoms with Gasteiger partial charge in [0.05, 0.1) is 5.69 Å². The molecule has 8 heteroatoms. The predicted molar refractivity (Wildman–Crippen MR) is 118 cm³/mol. The minimum atomic E-state index is -0.364. The third-order valence-corrected chi connectivity index (χ3v) is 4.96. The van der Waals surface area contributed by atoms with Crippen molar-refractivity contribution in [3.63, 3.8) is 0 Å². The second kappa shape index (κ2) is 11.0. The van der Waals surface area contributed by atoms with Crippen molar-refractivity contribution in [3.8, 4) is 5.75 Å². The van der Waals surface area contributed by atoms with Crippen molar-refractivity contribution in [3.05, 3.63) is 59.7 Å². The summed E-state index contributed by atoms with van der Waals surface area (Å²) < 4.78 is 10.9. The Morgan fingerprint density at radius 2 is 1.58 bits per heavy atom. The van der Waals surface area contributed by atoms with Crippen molar-refractivity contribution in [1.82, 2.24) is 4.90 Å². The van der Waals surface area contributed by atoms with E-state index in [1.807, 2.05) is 48.5 Å². The van der Waals surface area contributed by atoms with Crippen LogP contribution in [0.4, 0.5) is 5.69 Å². The fourth-order valence-electron chi connectivity index (χ4n) is 3.25. The number of nitrogens with two attached hydrogens (primary N) is 2. The number of aryl methyl sites for hydroxylation is 1. The molecule has 1 fully saturated rings. The maximum absolute atomic E-state index is 11.9. The summed E-state index contributed by atoms with van der Waals surface area (Å²) in [5, 5.41) is 0. The molecule has 4 N–H and O–H groups in total. The number of hydrogen-bond donors (Lipinski definition) is 2. The van der Waals surface area contributed by atoms with Gasteiger partial charge in [0.25, 0.3) is 5.91 Å². The lowest BCUT2D eigenvalue weighted by atomic mass is 10.1. The predicted octanol–water partition coefficient (Wildman–Crippen LogP) is 2.27. The molecule has 0 spiro atoms. The maximum Gasteiger partial charge on any atom is 0.306 e. The number of likely N-dealkylation sites (tertiary alicyclic amines) is 1. The lowest BCUT2D eigenvalue weighted by molar-refractivity contribution is -0.151. The van der Waals surface area contributed by atoms with Crippen LogP contribution < -0.4 is 16.2 Å². The highest BCUT2D eigenvalue weighted by molar-refractivity contribution is 5.81. The summed E-state index contributed by atoms with van der Waals surface area (Å²) in [6, 6.07) is 15.0. The highest BCUT2D eigenvalue weighted by Gasteiger charge is 2.19. The number of carbonyl (C=O) groups is 2. The number of hydrogen-bond acceptors (Lipinski definition) is 5. The molecule has 0 aliphatic carbocycles. The Morgan fingerprint density at radius 3 is 2.23 bits per heavy atom. The van der Waals surface area contributed by atoms with E-state index in [9.17, 15) is 9.59 Å². The first-order valence-corrected chi connectivity index (χ1v) is 10.3. The van der Waals surface area contributed by atoms with E-state index in [1.54, 1.807) is 4.90 Å². The molecule has 0 atom stereocenters. The topological polar surface area (TPSA) is 120 Å². The highest BCUT2D eigenvalue weighted by atomic mass is 16.5. The van der Waals surface area contributed by atoms with Crippen molar-refractivity contribution in [2.75, 3.05) is 19.7 Å². The molecular weight excluding hydrogens is 396 g/mol. The highest BCUT2D eigenvalue weighted by Crippen LogP contribution is 2.17. The number of amides is 1. The molecule has 8 nitrogen and oxygen atoms in total. The summed E-state index contributed by atoms with van der Waals surface area (Å²) in [6.07, 6.45) is 2.81. The zero-order chi connectivity index (χ0) is 22.1. The maximum atomic E-state index is 11.9. The zero-order valence-corrected chi connectivity index (χ0v) is 17.5. The van der Waals surface area contributed by atoms with Crippen LogP contribution in [0.2, 0.25) is 0 Å². The Kier molecular flexibility index (Phi) is 7.86. The van der Waals surface area contributed by atoms with Crippen molar-refractivity contribution < 1.29 is 19.1 Å². The first-order valence-electron chi connectivity index (χ1n) is 10.3. The van der Waals surface area contributed by atoms with Gasteiger partial charge in [-0.2, -0.15) is 0 Å². The molecule has 0 aromatic heterocycles. The molecule has 1 aliphatic rings. The van der Waals surface area contributed by atoms with E-state index in [0.717, 1.165) is 42.8 Å². The van der Waals surface area contributed by atoms with Crippen LogP contribution in [-0.4, -0.2) is 42.4 Å². The first-order chi connectivity index (χ1) is 15.0. The van der Waals surface area contributed by atoms with Crippen molar-refractivity contribution in [2.24, 2.45) is 16.5 Å². The second-order valence-corrected chi connectivity index (χ2v) is 7.38. The average Bonchev–Trinajstić information content (AvgIpc) is 3.31. The van der Waals surface area contributed by atoms with Crippen LogP contribution in [0, 0.1) is 0 Å². The molecule has 0 bridgehead atoms. The van der Waals surface area contributed by atoms with Crippen LogP contribution in [0.3, 0.4) is 0 Å². The van der Waals surface area contributed by atoms with E-state index in [2.05, 4.69) is 4.99 Å². The van der Waals surface area contributed by atoms with Crippen molar-refractivity contribution in [2.45, 2.75) is 32.3 Å². The quantitative estimate of drug-likeness (QED) is 0.362. The van der Waals surface area contributed by atoms with Gasteiger partial charge in [-0.25, -0.2) is 4.99 Å². The summed E-state index contributed by atoms with van der Waals surface area (Å²) in [5.74, 6) is 0.277. The van der Waals surface area contributed by atoms with Crippen molar-refractivity contribution >= 4 is 23.5 Å². The van der Waals surface area contributed by atoms with Gasteiger partial charge >= 0.3 is 5.97 Å². The van der Waals surface area contributed by atoms with E-state index >= 15 is 0 Å². The molecule has 1 heterocycles. The number of nitrogens with zero attached hydrogens (tertiary/aromatic N) is 2. The van der Waals surface area contributed by atoms with Crippen molar-refractivity contribution in [1.29, 1.82) is 0 Å². The molecule has 0 unspecified atom stereocenters. The van der Waals surface area contributed by atoms with Gasteiger partial charge in [-0.3, -0.25) is 9.59 Å². The fourth-order valence-corrected chi connectivity index (χ4v) is 3.25. The number of aliphatic imine (C=N–C) groups is 1. The Labute approximate surface area is 181 Å². The molecule has 31 heavy (non-hydrogen) atoms. The molecule has 1 saturated heterocycles. The SMILES string of the molecule is NC(N)=Nc1ccc(COc2ccc(CCC(=O)OCC(=O)N3CCCC3)cc2)cc1. The average molecular weight is 425 g/mol. The third-order valence-electron chi connectivity index (χ3n) is 4.96. The second-order valence-electron chi connectivity index (χ2n) is 7.38. The summed E-state index contributed by atoms with van der Waals surface area (Å²) in [6.45, 7) is 1.76. The van der Waals surface area contributed by atoms with E-state index < -0.39 is 0 Å².